The molecule has 2 aromatic carbocycles. The Labute approximate surface area is 177 Å². The summed E-state index contributed by atoms with van der Waals surface area (Å²) in [4.78, 5) is 25.4. The van der Waals surface area contributed by atoms with Crippen molar-refractivity contribution in [3.05, 3.63) is 64.7 Å². The quantitative estimate of drug-likeness (QED) is 0.496. The molecule has 0 bridgehead atoms. The van der Waals surface area contributed by atoms with E-state index in [4.69, 9.17) is 21.4 Å². The molecule has 0 unspecified atom stereocenters. The van der Waals surface area contributed by atoms with E-state index in [2.05, 4.69) is 0 Å². The fourth-order valence-corrected chi connectivity index (χ4v) is 3.07. The number of carbonyl (C=O) groups excluding carboxylic acids is 1. The molecule has 1 N–H and O–H groups in total. The van der Waals surface area contributed by atoms with Crippen LogP contribution in [0.3, 0.4) is 0 Å². The van der Waals surface area contributed by atoms with Gasteiger partial charge in [-0.2, -0.15) is 0 Å². The number of aliphatic carboxylic acids is 1. The molecule has 0 aliphatic heterocycles. The molecule has 0 aliphatic rings. The minimum Gasteiger partial charge on any atom is -0.493 e. The summed E-state index contributed by atoms with van der Waals surface area (Å²) in [6.45, 7) is 4.93. The van der Waals surface area contributed by atoms with Gasteiger partial charge >= 0.3 is 5.97 Å². The second-order valence-electron chi connectivity index (χ2n) is 7.19. The molecule has 156 valence electrons. The van der Waals surface area contributed by atoms with Gasteiger partial charge in [0.25, 0.3) is 5.91 Å². The summed E-state index contributed by atoms with van der Waals surface area (Å²) in [6, 6.07) is 14.6. The first kappa shape index (κ1) is 22.8. The second kappa shape index (κ2) is 11.5. The molecule has 1 amide bonds. The van der Waals surface area contributed by atoms with Gasteiger partial charge in [0.2, 0.25) is 0 Å². The molecule has 0 aromatic heterocycles. The fourth-order valence-electron chi connectivity index (χ4n) is 2.94. The van der Waals surface area contributed by atoms with Crippen LogP contribution in [0.4, 0.5) is 0 Å². The summed E-state index contributed by atoms with van der Waals surface area (Å²) in [5.41, 5.74) is 1.54. The summed E-state index contributed by atoms with van der Waals surface area (Å²) in [5.74, 6) is -0.0733. The lowest BCUT2D eigenvalue weighted by Gasteiger charge is -2.28. The topological polar surface area (TPSA) is 66.8 Å². The molecule has 0 fully saturated rings. The van der Waals surface area contributed by atoms with E-state index < -0.39 is 5.97 Å². The summed E-state index contributed by atoms with van der Waals surface area (Å²) >= 11 is 5.93. The molecule has 5 nitrogen and oxygen atoms in total. The maximum Gasteiger partial charge on any atom is 0.303 e. The number of benzene rings is 2. The van der Waals surface area contributed by atoms with Gasteiger partial charge in [0.05, 0.1) is 6.61 Å². The maximum absolute atomic E-state index is 13.0. The van der Waals surface area contributed by atoms with Crippen LogP contribution in [0.15, 0.2) is 48.5 Å². The van der Waals surface area contributed by atoms with Crippen LogP contribution in [-0.4, -0.2) is 34.5 Å². The van der Waals surface area contributed by atoms with Gasteiger partial charge in [0.15, 0.2) is 0 Å². The van der Waals surface area contributed by atoms with E-state index in [-0.39, 0.29) is 18.4 Å². The van der Waals surface area contributed by atoms with Crippen LogP contribution in [0.5, 0.6) is 5.75 Å². The molecule has 0 radical (unpaired) electrons. The number of hydrogen-bond acceptors (Lipinski definition) is 3. The second-order valence-corrected chi connectivity index (χ2v) is 7.63. The number of nitrogens with zero attached hydrogens (tertiary/aromatic N) is 1. The average molecular weight is 418 g/mol. The number of para-hydroxylation sites is 1. The number of hydrogen-bond donors (Lipinski definition) is 1. The Balaban J connectivity index is 2.01. The van der Waals surface area contributed by atoms with Crippen molar-refractivity contribution in [2.45, 2.75) is 52.1 Å². The van der Waals surface area contributed by atoms with Gasteiger partial charge in [-0.25, -0.2) is 0 Å². The zero-order chi connectivity index (χ0) is 21.2. The summed E-state index contributed by atoms with van der Waals surface area (Å²) in [7, 11) is 0. The van der Waals surface area contributed by atoms with Gasteiger partial charge in [0, 0.05) is 35.2 Å². The van der Waals surface area contributed by atoms with Crippen molar-refractivity contribution in [3.63, 3.8) is 0 Å². The van der Waals surface area contributed by atoms with Crippen molar-refractivity contribution in [2.24, 2.45) is 0 Å². The Morgan fingerprint density at radius 1 is 1.03 bits per heavy atom. The van der Waals surface area contributed by atoms with Gasteiger partial charge in [-0.3, -0.25) is 9.59 Å². The van der Waals surface area contributed by atoms with Gasteiger partial charge < -0.3 is 14.7 Å². The van der Waals surface area contributed by atoms with E-state index >= 15 is 0 Å². The monoisotopic (exact) mass is 417 g/mol. The van der Waals surface area contributed by atoms with E-state index in [9.17, 15) is 9.59 Å². The molecule has 29 heavy (non-hydrogen) atoms. The molecular formula is C23H28ClNO4. The van der Waals surface area contributed by atoms with Crippen LogP contribution in [0.25, 0.3) is 0 Å². The minimum absolute atomic E-state index is 0.0160. The molecule has 0 saturated heterocycles. The first-order chi connectivity index (χ1) is 13.9. The van der Waals surface area contributed by atoms with E-state index in [1.807, 2.05) is 38.1 Å². The van der Waals surface area contributed by atoms with E-state index in [1.54, 1.807) is 29.2 Å². The lowest BCUT2D eigenvalue weighted by Crippen LogP contribution is -2.36. The van der Waals surface area contributed by atoms with Crippen LogP contribution in [0.1, 0.15) is 55.5 Å². The number of rotatable bonds is 11. The van der Waals surface area contributed by atoms with Crippen molar-refractivity contribution in [1.29, 1.82) is 0 Å². The van der Waals surface area contributed by atoms with Gasteiger partial charge in [-0.05, 0) is 63.4 Å². The highest BCUT2D eigenvalue weighted by molar-refractivity contribution is 6.30. The molecule has 6 heteroatoms. The lowest BCUT2D eigenvalue weighted by molar-refractivity contribution is -0.137. The Morgan fingerprint density at radius 3 is 2.38 bits per heavy atom. The van der Waals surface area contributed by atoms with Crippen LogP contribution < -0.4 is 4.74 Å². The predicted molar refractivity (Wildman–Crippen MR) is 115 cm³/mol. The highest BCUT2D eigenvalue weighted by Crippen LogP contribution is 2.23. The van der Waals surface area contributed by atoms with Gasteiger partial charge in [-0.15, -0.1) is 0 Å². The van der Waals surface area contributed by atoms with Crippen LogP contribution in [0, 0.1) is 0 Å². The Kier molecular flexibility index (Phi) is 9.00. The number of carboxylic acids is 1. The maximum atomic E-state index is 13.0. The third kappa shape index (κ3) is 7.42. The third-order valence-electron chi connectivity index (χ3n) is 4.58. The number of ether oxygens (including phenoxy) is 1. The van der Waals surface area contributed by atoms with Crippen LogP contribution in [-0.2, 0) is 11.3 Å². The Morgan fingerprint density at radius 2 is 1.72 bits per heavy atom. The number of carboxylic acid groups (broad SMARTS) is 1. The highest BCUT2D eigenvalue weighted by Gasteiger charge is 2.20. The van der Waals surface area contributed by atoms with Crippen molar-refractivity contribution >= 4 is 23.5 Å². The molecular weight excluding hydrogens is 390 g/mol. The molecule has 0 aliphatic carbocycles. The van der Waals surface area contributed by atoms with Crippen molar-refractivity contribution < 1.29 is 19.4 Å². The molecule has 0 spiro atoms. The number of unbranched alkanes of at least 4 members (excludes halogenated alkanes) is 2. The average Bonchev–Trinajstić information content (AvgIpc) is 2.69. The Hall–Kier alpha value is -2.53. The zero-order valence-electron chi connectivity index (χ0n) is 16.9. The molecule has 0 saturated carbocycles. The van der Waals surface area contributed by atoms with Gasteiger partial charge in [-0.1, -0.05) is 29.8 Å². The number of amides is 1. The highest BCUT2D eigenvalue weighted by atomic mass is 35.5. The summed E-state index contributed by atoms with van der Waals surface area (Å²) < 4.78 is 5.92. The Bertz CT molecular complexity index is 805. The normalized spacial score (nSPS) is 10.8. The fraction of sp³-hybridized carbons (Fsp3) is 0.391. The predicted octanol–water partition coefficient (Wildman–Crippen LogP) is 5.41. The molecule has 2 aromatic rings. The van der Waals surface area contributed by atoms with Crippen LogP contribution >= 0.6 is 11.6 Å². The standard InChI is InChI=1S/C23H28ClNO4/c1-17(2)25(23(28)18-11-13-20(24)14-12-18)16-19-8-5-6-9-21(19)29-15-7-3-4-10-22(26)27/h5-6,8-9,11-14,17H,3-4,7,10,15-16H2,1-2H3,(H,26,27). The zero-order valence-corrected chi connectivity index (χ0v) is 17.7. The summed E-state index contributed by atoms with van der Waals surface area (Å²) in [5, 5.41) is 9.28. The minimum atomic E-state index is -0.768. The number of carbonyl (C=O) groups is 2. The molecule has 0 heterocycles. The first-order valence-corrected chi connectivity index (χ1v) is 10.3. The lowest BCUT2D eigenvalue weighted by atomic mass is 10.1. The van der Waals surface area contributed by atoms with E-state index in [0.717, 1.165) is 24.2 Å². The van der Waals surface area contributed by atoms with Crippen molar-refractivity contribution in [2.75, 3.05) is 6.61 Å². The largest absolute Gasteiger partial charge is 0.493 e. The van der Waals surface area contributed by atoms with E-state index in [1.165, 1.54) is 0 Å². The van der Waals surface area contributed by atoms with E-state index in [0.29, 0.717) is 30.2 Å². The number of halogens is 1. The molecule has 2 rings (SSSR count). The molecule has 0 atom stereocenters. The smallest absolute Gasteiger partial charge is 0.303 e. The van der Waals surface area contributed by atoms with Gasteiger partial charge in [0.1, 0.15) is 5.75 Å². The first-order valence-electron chi connectivity index (χ1n) is 9.87. The SMILES string of the molecule is CC(C)N(Cc1ccccc1OCCCCCC(=O)O)C(=O)c1ccc(Cl)cc1. The van der Waals surface area contributed by atoms with Crippen molar-refractivity contribution in [3.8, 4) is 5.75 Å². The van der Waals surface area contributed by atoms with Crippen molar-refractivity contribution in [1.82, 2.24) is 4.90 Å². The summed E-state index contributed by atoms with van der Waals surface area (Å²) in [6.07, 6.45) is 2.44. The third-order valence-corrected chi connectivity index (χ3v) is 4.83. The van der Waals surface area contributed by atoms with Crippen LogP contribution in [0.2, 0.25) is 5.02 Å².